The molecule has 0 bridgehead atoms. The summed E-state index contributed by atoms with van der Waals surface area (Å²) in [5.74, 6) is 0. The van der Waals surface area contributed by atoms with Crippen molar-refractivity contribution < 1.29 is 4.65 Å². The summed E-state index contributed by atoms with van der Waals surface area (Å²) in [6.07, 6.45) is 1.08. The molecular formula is C21H27BOS. The Balaban J connectivity index is 0.000000815. The molecule has 0 N–H and O–H groups in total. The fourth-order valence-corrected chi connectivity index (χ4v) is 4.48. The second kappa shape index (κ2) is 6.20. The monoisotopic (exact) mass is 338 g/mol. The molecule has 0 spiro atoms. The predicted molar refractivity (Wildman–Crippen MR) is 110 cm³/mol. The maximum absolute atomic E-state index is 6.39. The van der Waals surface area contributed by atoms with Crippen LogP contribution in [0.25, 0.3) is 20.2 Å². The first kappa shape index (κ1) is 17.5. The average molecular weight is 338 g/mol. The molecule has 0 aliphatic carbocycles. The molecule has 1 fully saturated rings. The van der Waals surface area contributed by atoms with Crippen molar-refractivity contribution in [1.82, 2.24) is 0 Å². The van der Waals surface area contributed by atoms with E-state index in [1.54, 1.807) is 0 Å². The van der Waals surface area contributed by atoms with E-state index < -0.39 is 0 Å². The lowest BCUT2D eigenvalue weighted by Crippen LogP contribution is -2.36. The molecule has 3 aromatic rings. The Hall–Kier alpha value is -1.32. The highest BCUT2D eigenvalue weighted by Crippen LogP contribution is 2.45. The molecule has 2 aromatic carbocycles. The van der Waals surface area contributed by atoms with Gasteiger partial charge in [0.15, 0.2) is 0 Å². The SMILES string of the molecule is CC.CC1(C)CB(c2ccc3sc4ccccc4c3c2)OC1(C)C. The molecule has 1 aliphatic rings. The van der Waals surface area contributed by atoms with Gasteiger partial charge in [-0.1, -0.05) is 58.0 Å². The van der Waals surface area contributed by atoms with Gasteiger partial charge in [-0.3, -0.25) is 0 Å². The Morgan fingerprint density at radius 3 is 2.25 bits per heavy atom. The second-order valence-electron chi connectivity index (χ2n) is 7.56. The first-order valence-corrected chi connectivity index (χ1v) is 9.78. The third-order valence-corrected chi connectivity index (χ3v) is 6.69. The van der Waals surface area contributed by atoms with Gasteiger partial charge in [0.25, 0.3) is 0 Å². The molecule has 1 aromatic heterocycles. The van der Waals surface area contributed by atoms with Gasteiger partial charge in [0, 0.05) is 14.8 Å². The largest absolute Gasteiger partial charge is 0.426 e. The van der Waals surface area contributed by atoms with Crippen molar-refractivity contribution in [3.63, 3.8) is 0 Å². The molecule has 24 heavy (non-hydrogen) atoms. The lowest BCUT2D eigenvalue weighted by atomic mass is 9.54. The fraction of sp³-hybridized carbons (Fsp3) is 0.429. The van der Waals surface area contributed by atoms with Crippen molar-refractivity contribution in [2.24, 2.45) is 5.41 Å². The molecular weight excluding hydrogens is 311 g/mol. The summed E-state index contributed by atoms with van der Waals surface area (Å²) < 4.78 is 9.12. The minimum atomic E-state index is -0.0800. The van der Waals surface area contributed by atoms with Crippen molar-refractivity contribution in [2.45, 2.75) is 53.5 Å². The highest BCUT2D eigenvalue weighted by atomic mass is 32.1. The normalized spacial score (nSPS) is 18.7. The molecule has 0 saturated carbocycles. The third-order valence-electron chi connectivity index (χ3n) is 5.53. The number of hydrogen-bond acceptors (Lipinski definition) is 2. The van der Waals surface area contributed by atoms with Crippen molar-refractivity contribution >= 4 is 43.9 Å². The van der Waals surface area contributed by atoms with E-state index in [0.29, 0.717) is 0 Å². The van der Waals surface area contributed by atoms with Crippen molar-refractivity contribution in [2.75, 3.05) is 0 Å². The molecule has 1 aliphatic heterocycles. The predicted octanol–water partition coefficient (Wildman–Crippen LogP) is 6.11. The van der Waals surface area contributed by atoms with Crippen LogP contribution in [-0.2, 0) is 4.65 Å². The smallest absolute Gasteiger partial charge is 0.327 e. The molecule has 0 radical (unpaired) electrons. The topological polar surface area (TPSA) is 9.23 Å². The van der Waals surface area contributed by atoms with Crippen molar-refractivity contribution in [1.29, 1.82) is 0 Å². The van der Waals surface area contributed by atoms with E-state index in [1.807, 2.05) is 25.2 Å². The summed E-state index contributed by atoms with van der Waals surface area (Å²) in [5.41, 5.74) is 1.43. The van der Waals surface area contributed by atoms with Crippen LogP contribution in [0.3, 0.4) is 0 Å². The first-order chi connectivity index (χ1) is 11.4. The van der Waals surface area contributed by atoms with Crippen LogP contribution >= 0.6 is 11.3 Å². The van der Waals surface area contributed by atoms with Gasteiger partial charge in [-0.25, -0.2) is 0 Å². The van der Waals surface area contributed by atoms with Crippen LogP contribution in [0.15, 0.2) is 42.5 Å². The van der Waals surface area contributed by atoms with Crippen LogP contribution in [0.4, 0.5) is 0 Å². The lowest BCUT2D eigenvalue weighted by molar-refractivity contribution is 0.0375. The van der Waals surface area contributed by atoms with Crippen LogP contribution in [-0.4, -0.2) is 12.5 Å². The van der Waals surface area contributed by atoms with E-state index in [9.17, 15) is 0 Å². The van der Waals surface area contributed by atoms with Gasteiger partial charge < -0.3 is 4.65 Å². The van der Waals surface area contributed by atoms with Crippen LogP contribution in [0, 0.1) is 5.41 Å². The summed E-state index contributed by atoms with van der Waals surface area (Å²) in [6.45, 7) is 13.3. The zero-order chi connectivity index (χ0) is 17.5. The van der Waals surface area contributed by atoms with E-state index in [0.717, 1.165) is 6.32 Å². The molecule has 126 valence electrons. The van der Waals surface area contributed by atoms with Gasteiger partial charge >= 0.3 is 6.92 Å². The molecule has 0 unspecified atom stereocenters. The second-order valence-corrected chi connectivity index (χ2v) is 8.64. The van der Waals surface area contributed by atoms with E-state index in [4.69, 9.17) is 4.65 Å². The fourth-order valence-electron chi connectivity index (χ4n) is 3.40. The Labute approximate surface area is 150 Å². The number of rotatable bonds is 1. The molecule has 4 rings (SSSR count). The number of thiophene rings is 1. The van der Waals surface area contributed by atoms with Gasteiger partial charge in [0.05, 0.1) is 5.60 Å². The highest BCUT2D eigenvalue weighted by molar-refractivity contribution is 7.25. The highest BCUT2D eigenvalue weighted by Gasteiger charge is 2.49. The molecule has 2 heterocycles. The molecule has 3 heteroatoms. The van der Waals surface area contributed by atoms with Crippen LogP contribution in [0.1, 0.15) is 41.5 Å². The molecule has 0 amide bonds. The minimum absolute atomic E-state index is 0.0800. The Morgan fingerprint density at radius 2 is 1.58 bits per heavy atom. The van der Waals surface area contributed by atoms with E-state index in [-0.39, 0.29) is 17.9 Å². The van der Waals surface area contributed by atoms with Gasteiger partial charge in [0.1, 0.15) is 0 Å². The van der Waals surface area contributed by atoms with Crippen LogP contribution in [0.5, 0.6) is 0 Å². The van der Waals surface area contributed by atoms with Crippen molar-refractivity contribution in [3.05, 3.63) is 42.5 Å². The maximum atomic E-state index is 6.39. The minimum Gasteiger partial charge on any atom is -0.426 e. The number of fused-ring (bicyclic) bond motifs is 3. The van der Waals surface area contributed by atoms with Gasteiger partial charge in [-0.15, -0.1) is 11.3 Å². The van der Waals surface area contributed by atoms with Crippen molar-refractivity contribution in [3.8, 4) is 0 Å². The zero-order valence-electron chi connectivity index (χ0n) is 15.6. The van der Waals surface area contributed by atoms with E-state index in [2.05, 4.69) is 70.2 Å². The van der Waals surface area contributed by atoms with Gasteiger partial charge in [0.2, 0.25) is 0 Å². The zero-order valence-corrected chi connectivity index (χ0v) is 16.5. The average Bonchev–Trinajstić information content (AvgIpc) is 3.03. The van der Waals surface area contributed by atoms with Gasteiger partial charge in [-0.2, -0.15) is 0 Å². The lowest BCUT2D eigenvalue weighted by Gasteiger charge is -2.34. The standard InChI is InChI=1S/C19H21BOS.C2H6/c1-18(2)12-20(21-19(18,3)4)13-9-10-17-15(11-13)14-7-5-6-8-16(14)22-17;1-2/h5-11H,12H2,1-4H3;1-2H3. The molecule has 0 atom stereocenters. The third kappa shape index (κ3) is 2.78. The van der Waals surface area contributed by atoms with Crippen LogP contribution in [0.2, 0.25) is 6.32 Å². The van der Waals surface area contributed by atoms with E-state index >= 15 is 0 Å². The maximum Gasteiger partial charge on any atom is 0.327 e. The summed E-state index contributed by atoms with van der Waals surface area (Å²) in [5, 5.41) is 2.73. The summed E-state index contributed by atoms with van der Waals surface area (Å²) in [6, 6.07) is 15.5. The molecule has 1 saturated heterocycles. The molecule has 1 nitrogen and oxygen atoms in total. The van der Waals surface area contributed by atoms with E-state index in [1.165, 1.54) is 25.6 Å². The summed E-state index contributed by atoms with van der Waals surface area (Å²) >= 11 is 1.87. The summed E-state index contributed by atoms with van der Waals surface area (Å²) in [4.78, 5) is 0. The summed E-state index contributed by atoms with van der Waals surface area (Å²) in [7, 11) is 0. The quantitative estimate of drug-likeness (QED) is 0.486. The Morgan fingerprint density at radius 1 is 0.917 bits per heavy atom. The number of hydrogen-bond donors (Lipinski definition) is 0. The number of benzene rings is 2. The van der Waals surface area contributed by atoms with Gasteiger partial charge in [-0.05, 0) is 48.6 Å². The first-order valence-electron chi connectivity index (χ1n) is 8.96. The Bertz CT molecular complexity index is 847. The Kier molecular flexibility index (Phi) is 4.52. The van der Waals surface area contributed by atoms with Crippen LogP contribution < -0.4 is 5.46 Å².